The van der Waals surface area contributed by atoms with Gasteiger partial charge in [0.15, 0.2) is 0 Å². The van der Waals surface area contributed by atoms with Crippen LogP contribution in [-0.2, 0) is 0 Å². The molecule has 0 saturated carbocycles. The number of para-hydroxylation sites is 3. The van der Waals surface area contributed by atoms with Crippen LogP contribution in [0.1, 0.15) is 0 Å². The van der Waals surface area contributed by atoms with Crippen LogP contribution in [0, 0.1) is 0 Å². The molecule has 0 saturated heterocycles. The van der Waals surface area contributed by atoms with E-state index in [2.05, 4.69) is 431 Å². The molecule has 120 heavy (non-hydrogen) atoms. The molecule has 4 heterocycles. The van der Waals surface area contributed by atoms with Gasteiger partial charge in [-0.05, 0) is 300 Å². The summed E-state index contributed by atoms with van der Waals surface area (Å²) in [5.41, 5.74) is 36.3. The van der Waals surface area contributed by atoms with Gasteiger partial charge in [0.1, 0.15) is 0 Å². The van der Waals surface area contributed by atoms with Gasteiger partial charge in [0, 0.05) is 71.2 Å². The quantitative estimate of drug-likeness (QED) is 0.137. The summed E-state index contributed by atoms with van der Waals surface area (Å²) in [6.07, 6.45) is 0. The van der Waals surface area contributed by atoms with Gasteiger partial charge in [0.25, 0.3) is 0 Å². The van der Waals surface area contributed by atoms with Gasteiger partial charge < -0.3 is 18.3 Å². The van der Waals surface area contributed by atoms with Crippen LogP contribution in [-0.4, -0.2) is 18.3 Å². The van der Waals surface area contributed by atoms with E-state index in [4.69, 9.17) is 0 Å². The standard InChI is InChI=1S/C116H68N4/c1-3-25-83(26-4-1)117-106-41-14-13-36-94(106)99-61-72(45-51-107(99)117)75-48-54-110-105(65-75)115-97-40-19-37-87(93(97)50-55-111(115)119(110)85-29-15-21-70(59-85)80-57-78-23-17-38-95-89-32-9-11-34-91(89)103(66-80)113(78)95)77-43-42-76-64-102-101-63-74(46-52-108(101)118(84-27-5-2-6-28-84)112(102)68-82(76)56-77)73-47-53-109-100(62-73)98-49-44-69-20-7-8-31-88(69)116(98)120(109)86-30-16-22-71(60-86)81-58-79-24-18-39-96-90-33-10-12-35-92(90)104(67-81)114(79)96/h1-68H. The molecule has 25 aromatic rings. The Bertz CT molecular complexity index is 8850. The molecule has 0 radical (unpaired) electrons. The van der Waals surface area contributed by atoms with Gasteiger partial charge in [-0.2, -0.15) is 0 Å². The van der Waals surface area contributed by atoms with Crippen LogP contribution >= 0.6 is 0 Å². The zero-order chi connectivity index (χ0) is 78.1. The summed E-state index contributed by atoms with van der Waals surface area (Å²) in [5.74, 6) is 0. The summed E-state index contributed by atoms with van der Waals surface area (Å²) in [6.45, 7) is 0. The van der Waals surface area contributed by atoms with Crippen LogP contribution in [0.5, 0.6) is 0 Å². The van der Waals surface area contributed by atoms with Crippen molar-refractivity contribution in [3.8, 4) is 123 Å². The van der Waals surface area contributed by atoms with Crippen LogP contribution in [0.2, 0.25) is 0 Å². The van der Waals surface area contributed by atoms with Gasteiger partial charge in [0.2, 0.25) is 0 Å². The highest BCUT2D eigenvalue weighted by Crippen LogP contribution is 2.53. The van der Waals surface area contributed by atoms with Gasteiger partial charge in [0.05, 0.1) is 44.1 Å². The van der Waals surface area contributed by atoms with E-state index in [0.717, 1.165) is 33.8 Å². The monoisotopic (exact) mass is 1520 g/mol. The second-order valence-electron chi connectivity index (χ2n) is 33.0. The number of hydrogen-bond donors (Lipinski definition) is 0. The Labute approximate surface area is 690 Å². The second-order valence-corrected chi connectivity index (χ2v) is 33.0. The maximum absolute atomic E-state index is 2.51. The number of fused-ring (bicyclic) bond motifs is 23. The molecule has 27 rings (SSSR count). The summed E-state index contributed by atoms with van der Waals surface area (Å²) in [7, 11) is 0. The van der Waals surface area contributed by atoms with Gasteiger partial charge >= 0.3 is 0 Å². The van der Waals surface area contributed by atoms with E-state index in [1.54, 1.807) is 0 Å². The number of rotatable bonds is 9. The second kappa shape index (κ2) is 24.8. The third-order valence-corrected chi connectivity index (χ3v) is 26.7. The van der Waals surface area contributed by atoms with Crippen LogP contribution in [0.3, 0.4) is 0 Å². The lowest BCUT2D eigenvalue weighted by atomic mass is 9.93. The average Bonchev–Trinajstić information content (AvgIpc) is 1.56. The van der Waals surface area contributed by atoms with E-state index in [0.29, 0.717) is 0 Å². The minimum Gasteiger partial charge on any atom is -0.309 e. The lowest BCUT2D eigenvalue weighted by Gasteiger charge is -2.13. The van der Waals surface area contributed by atoms with Gasteiger partial charge in [-0.3, -0.25) is 0 Å². The smallest absolute Gasteiger partial charge is 0.0619 e. The predicted molar refractivity (Wildman–Crippen MR) is 507 cm³/mol. The molecule has 4 aromatic heterocycles. The van der Waals surface area contributed by atoms with Gasteiger partial charge in [-0.25, -0.2) is 0 Å². The zero-order valence-electron chi connectivity index (χ0n) is 65.0. The van der Waals surface area contributed by atoms with Crippen molar-refractivity contribution in [1.29, 1.82) is 0 Å². The molecule has 4 nitrogen and oxygen atoms in total. The lowest BCUT2D eigenvalue weighted by Crippen LogP contribution is -1.95. The Hall–Kier alpha value is -15.9. The van der Waals surface area contributed by atoms with Crippen molar-refractivity contribution in [2.24, 2.45) is 0 Å². The van der Waals surface area contributed by atoms with Crippen molar-refractivity contribution in [3.05, 3.63) is 413 Å². The fourth-order valence-corrected chi connectivity index (χ4v) is 21.4. The summed E-state index contributed by atoms with van der Waals surface area (Å²) in [4.78, 5) is 0. The molecule has 21 aromatic carbocycles. The summed E-state index contributed by atoms with van der Waals surface area (Å²) >= 11 is 0. The van der Waals surface area contributed by atoms with Crippen LogP contribution in [0.25, 0.3) is 264 Å². The molecule has 2 aliphatic rings. The molecule has 2 aliphatic carbocycles. The molecule has 0 bridgehead atoms. The first-order valence-corrected chi connectivity index (χ1v) is 41.7. The minimum absolute atomic E-state index is 1.12. The Kier molecular flexibility index (Phi) is 13.5. The van der Waals surface area contributed by atoms with E-state index < -0.39 is 0 Å². The number of nitrogens with zero attached hydrogens (tertiary/aromatic N) is 4. The number of hydrogen-bond acceptors (Lipinski definition) is 0. The van der Waals surface area contributed by atoms with Crippen molar-refractivity contribution < 1.29 is 0 Å². The van der Waals surface area contributed by atoms with Crippen molar-refractivity contribution in [1.82, 2.24) is 18.3 Å². The predicted octanol–water partition coefficient (Wildman–Crippen LogP) is 31.5. The Morgan fingerprint density at radius 2 is 0.517 bits per heavy atom. The SMILES string of the molecule is c1ccc(-n2c3ccccc3c3cc(-c4ccc5c(c4)c4c6cccc(-c7ccc8cc9c%10cc(-c%11ccc%12c(c%11)c%11ccc%13ccccc%13c%11n%12-c%11cccc(-c%12cc%13c%14c(cccc%14c%12)-c%12ccccc%12-%13)c%11)ccc%10n(-c%10ccccc%10)c9cc8c7)c6ccc4n5-c4cccc(-c5cc6c7c(cccc7c5)-c5ccccc5-6)c4)ccc32)cc1. The molecule has 0 unspecified atom stereocenters. The highest BCUT2D eigenvalue weighted by molar-refractivity contribution is 6.26. The third kappa shape index (κ3) is 9.41. The van der Waals surface area contributed by atoms with Crippen molar-refractivity contribution >= 4 is 141 Å². The van der Waals surface area contributed by atoms with Crippen LogP contribution in [0.4, 0.5) is 0 Å². The van der Waals surface area contributed by atoms with E-state index >= 15 is 0 Å². The van der Waals surface area contributed by atoms with Crippen LogP contribution < -0.4 is 0 Å². The molecule has 4 heteroatoms. The van der Waals surface area contributed by atoms with Crippen molar-refractivity contribution in [3.63, 3.8) is 0 Å². The Morgan fingerprint density at radius 3 is 1.15 bits per heavy atom. The number of benzene rings is 21. The molecular weight excluding hydrogens is 1450 g/mol. The fraction of sp³-hybridized carbons (Fsp3) is 0. The van der Waals surface area contributed by atoms with Gasteiger partial charge in [-0.15, -0.1) is 0 Å². The van der Waals surface area contributed by atoms with E-state index in [1.807, 2.05) is 0 Å². The Morgan fingerprint density at radius 1 is 0.125 bits per heavy atom. The fourth-order valence-electron chi connectivity index (χ4n) is 21.4. The summed E-state index contributed by atoms with van der Waals surface area (Å²) in [6, 6.07) is 156. The molecule has 0 spiro atoms. The third-order valence-electron chi connectivity index (χ3n) is 26.7. The molecule has 0 aliphatic heterocycles. The summed E-state index contributed by atoms with van der Waals surface area (Å²) < 4.78 is 9.90. The first kappa shape index (κ1) is 65.4. The van der Waals surface area contributed by atoms with Crippen molar-refractivity contribution in [2.45, 2.75) is 0 Å². The van der Waals surface area contributed by atoms with Crippen molar-refractivity contribution in [2.75, 3.05) is 0 Å². The first-order chi connectivity index (χ1) is 59.5. The van der Waals surface area contributed by atoms with E-state index in [1.165, 1.54) is 230 Å². The highest BCUT2D eigenvalue weighted by atomic mass is 15.0. The lowest BCUT2D eigenvalue weighted by molar-refractivity contribution is 1.18. The highest BCUT2D eigenvalue weighted by Gasteiger charge is 2.28. The van der Waals surface area contributed by atoms with Gasteiger partial charge in [-0.1, -0.05) is 261 Å². The van der Waals surface area contributed by atoms with E-state index in [9.17, 15) is 0 Å². The van der Waals surface area contributed by atoms with Crippen LogP contribution in [0.15, 0.2) is 413 Å². The molecule has 0 amide bonds. The minimum atomic E-state index is 1.12. The maximum atomic E-state index is 2.51. The Balaban J connectivity index is 0.597. The van der Waals surface area contributed by atoms with E-state index in [-0.39, 0.29) is 0 Å². The molecule has 0 N–H and O–H groups in total. The largest absolute Gasteiger partial charge is 0.309 e. The molecule has 0 atom stereocenters. The number of aromatic nitrogens is 4. The first-order valence-electron chi connectivity index (χ1n) is 41.7. The molecule has 552 valence electrons. The average molecular weight is 1520 g/mol. The maximum Gasteiger partial charge on any atom is 0.0619 e. The normalized spacial score (nSPS) is 12.3. The zero-order valence-corrected chi connectivity index (χ0v) is 65.0. The molecule has 0 fully saturated rings. The molecular formula is C116H68N4. The topological polar surface area (TPSA) is 19.7 Å². The summed E-state index contributed by atoms with van der Waals surface area (Å²) in [5, 5.41) is 22.2.